The minimum Gasteiger partial charge on any atom is -0.314 e. The first-order valence-corrected chi connectivity index (χ1v) is 5.25. The summed E-state index contributed by atoms with van der Waals surface area (Å²) in [5, 5.41) is 4.14. The Bertz CT molecular complexity index is 297. The Hall–Kier alpha value is -0.640. The number of halogens is 1. The third kappa shape index (κ3) is 2.44. The van der Waals surface area contributed by atoms with Crippen LogP contribution in [0, 0.1) is 0 Å². The molecular formula is C10H14ClN3. The Labute approximate surface area is 89.1 Å². The number of hydrogen-bond donors (Lipinski definition) is 1. The van der Waals surface area contributed by atoms with E-state index in [-0.39, 0.29) is 0 Å². The zero-order chi connectivity index (χ0) is 9.80. The molecule has 3 nitrogen and oxygen atoms in total. The Balaban J connectivity index is 1.99. The highest BCUT2D eigenvalue weighted by molar-refractivity contribution is 6.31. The number of rotatable bonds is 2. The standard InChI is InChI=1S/C10H14ClN3/c11-10-1-2-13-7-9(10)8-14-5-3-12-4-6-14/h1-2,7,12H,3-6,8H2. The van der Waals surface area contributed by atoms with Crippen LogP contribution in [0.2, 0.25) is 5.02 Å². The summed E-state index contributed by atoms with van der Waals surface area (Å²) >= 11 is 6.06. The van der Waals surface area contributed by atoms with Crippen molar-refractivity contribution in [3.8, 4) is 0 Å². The summed E-state index contributed by atoms with van der Waals surface area (Å²) in [7, 11) is 0. The molecular weight excluding hydrogens is 198 g/mol. The molecule has 0 saturated carbocycles. The molecule has 4 heteroatoms. The van der Waals surface area contributed by atoms with E-state index in [1.54, 1.807) is 6.20 Å². The highest BCUT2D eigenvalue weighted by atomic mass is 35.5. The highest BCUT2D eigenvalue weighted by Gasteiger charge is 2.11. The van der Waals surface area contributed by atoms with Gasteiger partial charge in [0.05, 0.1) is 0 Å². The molecule has 1 aliphatic rings. The van der Waals surface area contributed by atoms with Gasteiger partial charge in [0.15, 0.2) is 0 Å². The lowest BCUT2D eigenvalue weighted by molar-refractivity contribution is 0.233. The first-order chi connectivity index (χ1) is 6.86. The van der Waals surface area contributed by atoms with Crippen molar-refractivity contribution in [2.24, 2.45) is 0 Å². The molecule has 0 amide bonds. The molecule has 0 bridgehead atoms. The fourth-order valence-corrected chi connectivity index (χ4v) is 1.80. The van der Waals surface area contributed by atoms with Gasteiger partial charge in [0.2, 0.25) is 0 Å². The van der Waals surface area contributed by atoms with Crippen molar-refractivity contribution in [2.45, 2.75) is 6.54 Å². The van der Waals surface area contributed by atoms with Crippen LogP contribution in [0.1, 0.15) is 5.56 Å². The molecule has 1 aliphatic heterocycles. The van der Waals surface area contributed by atoms with Crippen LogP contribution in [0.4, 0.5) is 0 Å². The molecule has 1 saturated heterocycles. The topological polar surface area (TPSA) is 28.2 Å². The van der Waals surface area contributed by atoms with Gasteiger partial charge in [0, 0.05) is 55.7 Å². The van der Waals surface area contributed by atoms with Crippen LogP contribution in [0.25, 0.3) is 0 Å². The van der Waals surface area contributed by atoms with Crippen LogP contribution < -0.4 is 5.32 Å². The molecule has 1 aromatic rings. The molecule has 2 rings (SSSR count). The van der Waals surface area contributed by atoms with E-state index in [0.717, 1.165) is 43.3 Å². The van der Waals surface area contributed by atoms with Gasteiger partial charge in [-0.3, -0.25) is 9.88 Å². The lowest BCUT2D eigenvalue weighted by Gasteiger charge is -2.27. The fraction of sp³-hybridized carbons (Fsp3) is 0.500. The van der Waals surface area contributed by atoms with Crippen LogP contribution in [0.3, 0.4) is 0 Å². The number of pyridine rings is 1. The van der Waals surface area contributed by atoms with E-state index >= 15 is 0 Å². The van der Waals surface area contributed by atoms with Crippen molar-refractivity contribution in [1.29, 1.82) is 0 Å². The molecule has 1 fully saturated rings. The van der Waals surface area contributed by atoms with Crippen molar-refractivity contribution in [2.75, 3.05) is 26.2 Å². The van der Waals surface area contributed by atoms with Gasteiger partial charge in [-0.15, -0.1) is 0 Å². The summed E-state index contributed by atoms with van der Waals surface area (Å²) < 4.78 is 0. The zero-order valence-electron chi connectivity index (χ0n) is 8.04. The summed E-state index contributed by atoms with van der Waals surface area (Å²) in [6.45, 7) is 5.22. The number of aromatic nitrogens is 1. The maximum atomic E-state index is 6.06. The summed E-state index contributed by atoms with van der Waals surface area (Å²) in [4.78, 5) is 6.47. The van der Waals surface area contributed by atoms with Gasteiger partial charge in [-0.1, -0.05) is 11.6 Å². The minimum atomic E-state index is 0.818. The van der Waals surface area contributed by atoms with E-state index in [1.165, 1.54) is 0 Å². The summed E-state index contributed by atoms with van der Waals surface area (Å²) in [6, 6.07) is 1.85. The molecule has 0 radical (unpaired) electrons. The lowest BCUT2D eigenvalue weighted by Crippen LogP contribution is -2.42. The molecule has 76 valence electrons. The van der Waals surface area contributed by atoms with E-state index in [4.69, 9.17) is 11.6 Å². The Morgan fingerprint density at radius 1 is 1.43 bits per heavy atom. The maximum absolute atomic E-state index is 6.06. The number of hydrogen-bond acceptors (Lipinski definition) is 3. The minimum absolute atomic E-state index is 0.818. The number of piperazine rings is 1. The number of nitrogens with zero attached hydrogens (tertiary/aromatic N) is 2. The van der Waals surface area contributed by atoms with E-state index in [1.807, 2.05) is 12.3 Å². The van der Waals surface area contributed by atoms with Gasteiger partial charge < -0.3 is 5.32 Å². The molecule has 1 N–H and O–H groups in total. The van der Waals surface area contributed by atoms with Crippen molar-refractivity contribution in [1.82, 2.24) is 15.2 Å². The zero-order valence-corrected chi connectivity index (χ0v) is 8.80. The maximum Gasteiger partial charge on any atom is 0.0481 e. The van der Waals surface area contributed by atoms with Crippen LogP contribution in [-0.2, 0) is 6.54 Å². The highest BCUT2D eigenvalue weighted by Crippen LogP contribution is 2.15. The second-order valence-electron chi connectivity index (χ2n) is 3.49. The molecule has 0 atom stereocenters. The van der Waals surface area contributed by atoms with Gasteiger partial charge in [-0.25, -0.2) is 0 Å². The summed E-state index contributed by atoms with van der Waals surface area (Å²) in [6.07, 6.45) is 3.58. The molecule has 0 unspecified atom stereocenters. The average Bonchev–Trinajstić information content (AvgIpc) is 2.23. The molecule has 0 aliphatic carbocycles. The average molecular weight is 212 g/mol. The Morgan fingerprint density at radius 2 is 2.21 bits per heavy atom. The van der Waals surface area contributed by atoms with Gasteiger partial charge in [0.1, 0.15) is 0 Å². The van der Waals surface area contributed by atoms with E-state index in [0.29, 0.717) is 0 Å². The first-order valence-electron chi connectivity index (χ1n) is 4.88. The van der Waals surface area contributed by atoms with E-state index < -0.39 is 0 Å². The smallest absolute Gasteiger partial charge is 0.0481 e. The van der Waals surface area contributed by atoms with Crippen LogP contribution in [0.5, 0.6) is 0 Å². The van der Waals surface area contributed by atoms with Gasteiger partial charge in [0.25, 0.3) is 0 Å². The second-order valence-corrected chi connectivity index (χ2v) is 3.90. The van der Waals surface area contributed by atoms with Crippen molar-refractivity contribution in [3.63, 3.8) is 0 Å². The van der Waals surface area contributed by atoms with Crippen LogP contribution in [-0.4, -0.2) is 36.1 Å². The fourth-order valence-electron chi connectivity index (χ4n) is 1.64. The molecule has 0 aromatic carbocycles. The molecule has 2 heterocycles. The summed E-state index contributed by atoms with van der Waals surface area (Å²) in [5.74, 6) is 0. The van der Waals surface area contributed by atoms with E-state index in [2.05, 4.69) is 15.2 Å². The van der Waals surface area contributed by atoms with E-state index in [9.17, 15) is 0 Å². The normalized spacial score (nSPS) is 18.4. The number of nitrogens with one attached hydrogen (secondary N) is 1. The predicted octanol–water partition coefficient (Wildman–Crippen LogP) is 1.14. The Kier molecular flexibility index (Phi) is 3.35. The van der Waals surface area contributed by atoms with Crippen molar-refractivity contribution >= 4 is 11.6 Å². The van der Waals surface area contributed by atoms with Gasteiger partial charge in [-0.05, 0) is 6.07 Å². The largest absolute Gasteiger partial charge is 0.314 e. The monoisotopic (exact) mass is 211 g/mol. The quantitative estimate of drug-likeness (QED) is 0.796. The molecule has 0 spiro atoms. The van der Waals surface area contributed by atoms with Crippen molar-refractivity contribution in [3.05, 3.63) is 29.0 Å². The summed E-state index contributed by atoms with van der Waals surface area (Å²) in [5.41, 5.74) is 1.12. The molecule has 1 aromatic heterocycles. The second kappa shape index (κ2) is 4.73. The Morgan fingerprint density at radius 3 is 2.93 bits per heavy atom. The van der Waals surface area contributed by atoms with Crippen LogP contribution in [0.15, 0.2) is 18.5 Å². The SMILES string of the molecule is Clc1ccncc1CN1CCNCC1. The molecule has 14 heavy (non-hydrogen) atoms. The van der Waals surface area contributed by atoms with Crippen molar-refractivity contribution < 1.29 is 0 Å². The van der Waals surface area contributed by atoms with Crippen LogP contribution >= 0.6 is 11.6 Å². The van der Waals surface area contributed by atoms with Gasteiger partial charge in [-0.2, -0.15) is 0 Å². The lowest BCUT2D eigenvalue weighted by atomic mass is 10.2. The predicted molar refractivity (Wildman–Crippen MR) is 57.4 cm³/mol. The van der Waals surface area contributed by atoms with Gasteiger partial charge >= 0.3 is 0 Å². The third-order valence-corrected chi connectivity index (χ3v) is 2.82. The third-order valence-electron chi connectivity index (χ3n) is 2.45. The first kappa shape index (κ1) is 9.90.